The van der Waals surface area contributed by atoms with Gasteiger partial charge in [0.25, 0.3) is 0 Å². The van der Waals surface area contributed by atoms with Crippen LogP contribution in [0, 0.1) is 0 Å². The van der Waals surface area contributed by atoms with Gasteiger partial charge in [-0.1, -0.05) is 60.3 Å². The molecule has 0 aliphatic carbocycles. The van der Waals surface area contributed by atoms with E-state index in [1.54, 1.807) is 0 Å². The van der Waals surface area contributed by atoms with E-state index < -0.39 is 0 Å². The Morgan fingerprint density at radius 3 is 2.68 bits per heavy atom. The second-order valence-electron chi connectivity index (χ2n) is 4.36. The predicted molar refractivity (Wildman–Crippen MR) is 87.8 cm³/mol. The summed E-state index contributed by atoms with van der Waals surface area (Å²) in [6.07, 6.45) is 15.5. The first-order valence-electron chi connectivity index (χ1n) is 6.95. The minimum absolute atomic E-state index is 0.910. The van der Waals surface area contributed by atoms with Gasteiger partial charge in [0.15, 0.2) is 0 Å². The van der Waals surface area contributed by atoms with Crippen LogP contribution in [-0.2, 0) is 0 Å². The second kappa shape index (κ2) is 10.8. The summed E-state index contributed by atoms with van der Waals surface area (Å²) in [5.41, 5.74) is 0. The molecule has 0 amide bonds. The number of unbranched alkanes of at least 4 members (excludes halogenated alkanes) is 3. The summed E-state index contributed by atoms with van der Waals surface area (Å²) in [6, 6.07) is 5.92. The number of hydrogen-bond acceptors (Lipinski definition) is 2. The van der Waals surface area contributed by atoms with Crippen molar-refractivity contribution in [1.29, 1.82) is 0 Å². The fourth-order valence-corrected chi connectivity index (χ4v) is 2.08. The van der Waals surface area contributed by atoms with Crippen molar-refractivity contribution in [2.75, 3.05) is 16.8 Å². The number of rotatable bonds is 5. The van der Waals surface area contributed by atoms with Gasteiger partial charge < -0.3 is 4.90 Å². The standard InChI is InChI=1S/C10H10N2.C6H13Br/c1-4-8-12(9-5-1)10-6-2-3-7-11-10;1-2-3-4-5-6-7/h1-8H,9H2;2-6H2,1H3. The van der Waals surface area contributed by atoms with Gasteiger partial charge in [-0.2, -0.15) is 0 Å². The van der Waals surface area contributed by atoms with E-state index in [1.165, 1.54) is 31.0 Å². The number of hydrogen-bond donors (Lipinski definition) is 0. The Bertz CT molecular complexity index is 370. The predicted octanol–water partition coefficient (Wildman–Crippen LogP) is 4.93. The molecule has 3 heteroatoms. The van der Waals surface area contributed by atoms with Crippen LogP contribution in [0.15, 0.2) is 48.8 Å². The smallest absolute Gasteiger partial charge is 0.132 e. The lowest BCUT2D eigenvalue weighted by atomic mass is 10.2. The van der Waals surface area contributed by atoms with Crippen LogP contribution in [0.4, 0.5) is 5.82 Å². The number of alkyl halides is 1. The third-order valence-electron chi connectivity index (χ3n) is 2.75. The van der Waals surface area contributed by atoms with Gasteiger partial charge in [0.05, 0.1) is 0 Å². The molecule has 2 heterocycles. The molecule has 0 saturated carbocycles. The van der Waals surface area contributed by atoms with Crippen molar-refractivity contribution >= 4 is 21.7 Å². The number of nitrogens with zero attached hydrogens (tertiary/aromatic N) is 2. The highest BCUT2D eigenvalue weighted by atomic mass is 79.9. The molecule has 0 unspecified atom stereocenters. The zero-order valence-corrected chi connectivity index (χ0v) is 13.2. The fourth-order valence-electron chi connectivity index (χ4n) is 1.68. The van der Waals surface area contributed by atoms with Crippen LogP contribution >= 0.6 is 15.9 Å². The van der Waals surface area contributed by atoms with Crippen molar-refractivity contribution in [2.24, 2.45) is 0 Å². The Labute approximate surface area is 125 Å². The van der Waals surface area contributed by atoms with E-state index in [0.29, 0.717) is 0 Å². The average molecular weight is 323 g/mol. The largest absolute Gasteiger partial charge is 0.329 e. The van der Waals surface area contributed by atoms with Gasteiger partial charge in [-0.15, -0.1) is 0 Å². The third-order valence-corrected chi connectivity index (χ3v) is 3.31. The summed E-state index contributed by atoms with van der Waals surface area (Å²) in [7, 11) is 0. The highest BCUT2D eigenvalue weighted by Gasteiger charge is 2.01. The van der Waals surface area contributed by atoms with E-state index in [0.717, 1.165) is 12.4 Å². The molecule has 0 saturated heterocycles. The van der Waals surface area contributed by atoms with Crippen LogP contribution in [0.5, 0.6) is 0 Å². The van der Waals surface area contributed by atoms with Gasteiger partial charge in [-0.05, 0) is 24.6 Å². The Hall–Kier alpha value is -1.09. The highest BCUT2D eigenvalue weighted by Crippen LogP contribution is 2.11. The fraction of sp³-hybridized carbons (Fsp3) is 0.438. The molecular formula is C16H23BrN2. The molecule has 1 aliphatic heterocycles. The number of pyridine rings is 1. The molecule has 104 valence electrons. The van der Waals surface area contributed by atoms with Gasteiger partial charge in [0.1, 0.15) is 5.82 Å². The normalized spacial score (nSPS) is 13.1. The summed E-state index contributed by atoms with van der Waals surface area (Å²) in [5.74, 6) is 0.998. The van der Waals surface area contributed by atoms with Gasteiger partial charge in [0, 0.05) is 24.3 Å². The quantitative estimate of drug-likeness (QED) is 0.564. The molecule has 1 aliphatic rings. The first kappa shape index (κ1) is 16.0. The van der Waals surface area contributed by atoms with Crippen molar-refractivity contribution in [3.05, 3.63) is 48.8 Å². The van der Waals surface area contributed by atoms with Gasteiger partial charge in [0.2, 0.25) is 0 Å². The molecule has 0 spiro atoms. The van der Waals surface area contributed by atoms with E-state index >= 15 is 0 Å². The Morgan fingerprint density at radius 2 is 2.11 bits per heavy atom. The number of halogens is 1. The third kappa shape index (κ3) is 7.16. The molecule has 0 radical (unpaired) electrons. The minimum atomic E-state index is 0.910. The first-order chi connectivity index (χ1) is 9.38. The zero-order valence-electron chi connectivity index (χ0n) is 11.6. The van der Waals surface area contributed by atoms with Crippen molar-refractivity contribution in [2.45, 2.75) is 32.6 Å². The molecule has 0 bridgehead atoms. The van der Waals surface area contributed by atoms with Gasteiger partial charge in [-0.3, -0.25) is 0 Å². The zero-order chi connectivity index (χ0) is 13.8. The van der Waals surface area contributed by atoms with Gasteiger partial charge >= 0.3 is 0 Å². The van der Waals surface area contributed by atoms with Crippen LogP contribution in [-0.4, -0.2) is 16.9 Å². The number of allylic oxidation sites excluding steroid dienone is 2. The molecule has 0 atom stereocenters. The van der Waals surface area contributed by atoms with Crippen LogP contribution < -0.4 is 4.90 Å². The topological polar surface area (TPSA) is 16.1 Å². The van der Waals surface area contributed by atoms with Crippen LogP contribution in [0.25, 0.3) is 0 Å². The van der Waals surface area contributed by atoms with E-state index in [1.807, 2.05) is 42.7 Å². The molecule has 1 aromatic heterocycles. The SMILES string of the molecule is C1=CCN(c2ccccn2)C=C1.CCCCCCBr. The molecule has 1 aromatic rings. The maximum atomic E-state index is 4.24. The summed E-state index contributed by atoms with van der Waals surface area (Å²) < 4.78 is 0. The average Bonchev–Trinajstić information content (AvgIpc) is 2.50. The lowest BCUT2D eigenvalue weighted by Crippen LogP contribution is -2.18. The molecule has 2 nitrogen and oxygen atoms in total. The maximum absolute atomic E-state index is 4.24. The summed E-state index contributed by atoms with van der Waals surface area (Å²) >= 11 is 3.38. The second-order valence-corrected chi connectivity index (χ2v) is 5.15. The summed E-state index contributed by atoms with van der Waals surface area (Å²) in [5, 5.41) is 1.17. The van der Waals surface area contributed by atoms with E-state index in [9.17, 15) is 0 Å². The lowest BCUT2D eigenvalue weighted by Gasteiger charge is -2.18. The Balaban J connectivity index is 0.000000224. The molecule has 19 heavy (non-hydrogen) atoms. The number of aromatic nitrogens is 1. The van der Waals surface area contributed by atoms with Crippen molar-refractivity contribution < 1.29 is 0 Å². The maximum Gasteiger partial charge on any atom is 0.132 e. The van der Waals surface area contributed by atoms with E-state index in [2.05, 4.69) is 38.8 Å². The molecular weight excluding hydrogens is 300 g/mol. The molecule has 2 rings (SSSR count). The monoisotopic (exact) mass is 322 g/mol. The molecule has 0 N–H and O–H groups in total. The van der Waals surface area contributed by atoms with Crippen molar-refractivity contribution in [3.8, 4) is 0 Å². The van der Waals surface area contributed by atoms with Crippen LogP contribution in [0.2, 0.25) is 0 Å². The van der Waals surface area contributed by atoms with Crippen LogP contribution in [0.3, 0.4) is 0 Å². The molecule has 0 fully saturated rings. The minimum Gasteiger partial charge on any atom is -0.329 e. The Morgan fingerprint density at radius 1 is 1.21 bits per heavy atom. The number of anilines is 1. The van der Waals surface area contributed by atoms with Crippen molar-refractivity contribution in [1.82, 2.24) is 4.98 Å². The van der Waals surface area contributed by atoms with E-state index in [4.69, 9.17) is 0 Å². The van der Waals surface area contributed by atoms with Gasteiger partial charge in [-0.25, -0.2) is 4.98 Å². The van der Waals surface area contributed by atoms with Crippen molar-refractivity contribution in [3.63, 3.8) is 0 Å². The summed E-state index contributed by atoms with van der Waals surface area (Å²) in [6.45, 7) is 3.14. The Kier molecular flexibility index (Phi) is 9.07. The van der Waals surface area contributed by atoms with E-state index in [-0.39, 0.29) is 0 Å². The highest BCUT2D eigenvalue weighted by molar-refractivity contribution is 9.09. The summed E-state index contributed by atoms with van der Waals surface area (Å²) in [4.78, 5) is 6.34. The van der Waals surface area contributed by atoms with Crippen LogP contribution in [0.1, 0.15) is 32.6 Å². The lowest BCUT2D eigenvalue weighted by molar-refractivity contribution is 0.708. The first-order valence-corrected chi connectivity index (χ1v) is 8.07. The molecule has 0 aromatic carbocycles.